The van der Waals surface area contributed by atoms with Gasteiger partial charge in [0.05, 0.1) is 17.0 Å². The maximum absolute atomic E-state index is 13.8. The summed E-state index contributed by atoms with van der Waals surface area (Å²) in [5, 5.41) is 14.6. The van der Waals surface area contributed by atoms with E-state index in [1.807, 2.05) is 39.0 Å². The number of carbonyl (C=O) groups is 1. The van der Waals surface area contributed by atoms with Gasteiger partial charge >= 0.3 is 0 Å². The largest absolute Gasteiger partial charge is 0.454 e. The summed E-state index contributed by atoms with van der Waals surface area (Å²) in [6.45, 7) is 7.06. The average molecular weight is 615 g/mol. The molecule has 4 atom stereocenters. The van der Waals surface area contributed by atoms with Crippen LogP contribution in [0.25, 0.3) is 0 Å². The Labute approximate surface area is 255 Å². The number of aliphatic hydroxyl groups excluding tert-OH is 1. The highest BCUT2D eigenvalue weighted by Crippen LogP contribution is 2.39. The number of rotatable bonds is 10. The van der Waals surface area contributed by atoms with E-state index >= 15 is 0 Å². The van der Waals surface area contributed by atoms with Gasteiger partial charge in [-0.25, -0.2) is 8.42 Å². The first-order valence-electron chi connectivity index (χ1n) is 15.4. The molecular weight excluding hydrogens is 568 g/mol. The number of piperidine rings is 1. The lowest BCUT2D eigenvalue weighted by atomic mass is 9.72. The molecule has 0 bridgehead atoms. The number of likely N-dealkylation sites (tertiary alicyclic amines) is 1. The highest BCUT2D eigenvalue weighted by atomic mass is 32.2. The minimum absolute atomic E-state index is 0.0297. The number of nitrogens with zero attached hydrogens (tertiary/aromatic N) is 2. The van der Waals surface area contributed by atoms with Crippen LogP contribution >= 0.6 is 0 Å². The number of benzene rings is 2. The van der Waals surface area contributed by atoms with Gasteiger partial charge in [0, 0.05) is 37.4 Å². The van der Waals surface area contributed by atoms with Crippen LogP contribution < -0.4 is 20.5 Å². The van der Waals surface area contributed by atoms with E-state index in [2.05, 4.69) is 10.2 Å². The van der Waals surface area contributed by atoms with Crippen LogP contribution in [-0.4, -0.2) is 79.3 Å². The first kappa shape index (κ1) is 31.6. The lowest BCUT2D eigenvalue weighted by Gasteiger charge is -2.46. The van der Waals surface area contributed by atoms with Crippen LogP contribution in [0.1, 0.15) is 58.4 Å². The maximum atomic E-state index is 13.8. The number of amides is 1. The van der Waals surface area contributed by atoms with Crippen molar-refractivity contribution in [3.05, 3.63) is 48.0 Å². The molecule has 5 rings (SSSR count). The number of hydrogen-bond acceptors (Lipinski definition) is 8. The smallest absolute Gasteiger partial charge is 0.243 e. The number of aliphatic hydroxyl groups is 1. The van der Waals surface area contributed by atoms with Gasteiger partial charge in [0.25, 0.3) is 0 Å². The van der Waals surface area contributed by atoms with Crippen LogP contribution in [0.4, 0.5) is 5.69 Å². The molecular formula is C32H46N4O6S. The van der Waals surface area contributed by atoms with Crippen molar-refractivity contribution in [3.8, 4) is 11.5 Å². The number of anilines is 1. The van der Waals surface area contributed by atoms with Crippen molar-refractivity contribution in [2.45, 2.75) is 81.9 Å². The Morgan fingerprint density at radius 3 is 2.51 bits per heavy atom. The highest BCUT2D eigenvalue weighted by Gasteiger charge is 2.41. The van der Waals surface area contributed by atoms with E-state index in [9.17, 15) is 18.3 Å². The second-order valence-corrected chi connectivity index (χ2v) is 15.2. The third-order valence-electron chi connectivity index (χ3n) is 8.77. The van der Waals surface area contributed by atoms with Gasteiger partial charge in [0.15, 0.2) is 11.5 Å². The molecule has 1 amide bonds. The lowest BCUT2D eigenvalue weighted by molar-refractivity contribution is -0.132. The molecule has 43 heavy (non-hydrogen) atoms. The molecule has 236 valence electrons. The number of sulfonamides is 1. The summed E-state index contributed by atoms with van der Waals surface area (Å²) in [5.41, 5.74) is 6.82. The van der Waals surface area contributed by atoms with E-state index in [1.165, 1.54) is 29.3 Å². The van der Waals surface area contributed by atoms with Crippen molar-refractivity contribution in [2.24, 2.45) is 11.8 Å². The number of fused-ring (bicyclic) bond motifs is 2. The van der Waals surface area contributed by atoms with Crippen molar-refractivity contribution < 1.29 is 27.8 Å². The average Bonchev–Trinajstić information content (AvgIpc) is 3.42. The number of carbonyl (C=O) groups excluding carboxylic acids is 1. The molecule has 2 aromatic rings. The predicted molar refractivity (Wildman–Crippen MR) is 165 cm³/mol. The zero-order valence-corrected chi connectivity index (χ0v) is 26.3. The lowest BCUT2D eigenvalue weighted by Crippen LogP contribution is -2.59. The fraction of sp³-hybridized carbons (Fsp3) is 0.594. The quantitative estimate of drug-likeness (QED) is 0.347. The van der Waals surface area contributed by atoms with Gasteiger partial charge in [-0.05, 0) is 93.8 Å². The second-order valence-electron chi connectivity index (χ2n) is 13.3. The molecule has 0 spiro atoms. The molecule has 11 heteroatoms. The summed E-state index contributed by atoms with van der Waals surface area (Å²) < 4.78 is 39.9. The van der Waals surface area contributed by atoms with Gasteiger partial charge in [-0.2, -0.15) is 4.31 Å². The Balaban J connectivity index is 1.34. The van der Waals surface area contributed by atoms with E-state index in [-0.39, 0.29) is 48.8 Å². The van der Waals surface area contributed by atoms with Crippen molar-refractivity contribution >= 4 is 21.6 Å². The molecule has 2 fully saturated rings. The van der Waals surface area contributed by atoms with Crippen LogP contribution in [0.5, 0.6) is 11.5 Å². The van der Waals surface area contributed by atoms with E-state index in [1.54, 1.807) is 12.1 Å². The molecule has 2 heterocycles. The zero-order valence-electron chi connectivity index (χ0n) is 25.5. The first-order chi connectivity index (χ1) is 20.4. The minimum atomic E-state index is -3.94. The van der Waals surface area contributed by atoms with Crippen molar-refractivity contribution in [1.29, 1.82) is 0 Å². The molecule has 0 radical (unpaired) electrons. The minimum Gasteiger partial charge on any atom is -0.454 e. The summed E-state index contributed by atoms with van der Waals surface area (Å²) in [6, 6.07) is 11.3. The molecule has 1 saturated carbocycles. The van der Waals surface area contributed by atoms with Gasteiger partial charge in [-0.3, -0.25) is 9.69 Å². The van der Waals surface area contributed by atoms with Gasteiger partial charge < -0.3 is 25.6 Å². The number of β-amino-alcohol motifs (C(OH)–C–C–N with tert-alkyl or cyclic N) is 1. The third kappa shape index (κ3) is 7.81. The van der Waals surface area contributed by atoms with E-state index < -0.39 is 16.1 Å². The van der Waals surface area contributed by atoms with Gasteiger partial charge in [0.2, 0.25) is 22.7 Å². The van der Waals surface area contributed by atoms with Crippen LogP contribution in [0.3, 0.4) is 0 Å². The van der Waals surface area contributed by atoms with Gasteiger partial charge in [0.1, 0.15) is 0 Å². The zero-order chi connectivity index (χ0) is 30.8. The standard InChI is InChI=1S/C32H46N4O6S/c1-32(2,3)34-31(38)28-17-23-6-4-5-7-24(23)18-35(28)19-26(37)20-36(43(39,40)27-11-9-25(33)10-12-27)15-14-22-8-13-29-30(16-22)42-21-41-29/h8-13,16,23-24,26,28,37H,4-7,14-15,17-21,33H2,1-3H3,(H,34,38)/t23-,24+,26+,28-/m0/s1. The molecule has 2 aliphatic heterocycles. The monoisotopic (exact) mass is 614 g/mol. The molecule has 0 unspecified atom stereocenters. The van der Waals surface area contributed by atoms with Crippen molar-refractivity contribution in [3.63, 3.8) is 0 Å². The number of ether oxygens (including phenoxy) is 2. The van der Waals surface area contributed by atoms with E-state index in [0.717, 1.165) is 31.4 Å². The number of nitrogens with one attached hydrogen (secondary N) is 1. The predicted octanol–water partition coefficient (Wildman–Crippen LogP) is 3.39. The first-order valence-corrected chi connectivity index (χ1v) is 16.8. The Morgan fingerprint density at radius 1 is 1.09 bits per heavy atom. The molecule has 4 N–H and O–H groups in total. The number of nitrogen functional groups attached to an aromatic ring is 1. The van der Waals surface area contributed by atoms with E-state index in [0.29, 0.717) is 35.4 Å². The van der Waals surface area contributed by atoms with Crippen LogP contribution in [0, 0.1) is 11.8 Å². The van der Waals surface area contributed by atoms with Gasteiger partial charge in [-0.15, -0.1) is 0 Å². The number of hydrogen-bond donors (Lipinski definition) is 3. The molecule has 1 saturated heterocycles. The summed E-state index contributed by atoms with van der Waals surface area (Å²) in [6.07, 6.45) is 4.82. The third-order valence-corrected chi connectivity index (χ3v) is 10.6. The maximum Gasteiger partial charge on any atom is 0.243 e. The van der Waals surface area contributed by atoms with Crippen LogP contribution in [-0.2, 0) is 21.2 Å². The summed E-state index contributed by atoms with van der Waals surface area (Å²) in [7, 11) is -3.94. The van der Waals surface area contributed by atoms with Gasteiger partial charge in [-0.1, -0.05) is 25.3 Å². The fourth-order valence-corrected chi connectivity index (χ4v) is 8.12. The topological polar surface area (TPSA) is 134 Å². The highest BCUT2D eigenvalue weighted by molar-refractivity contribution is 7.89. The molecule has 3 aliphatic rings. The Kier molecular flexibility index (Phi) is 9.55. The second kappa shape index (κ2) is 13.0. The van der Waals surface area contributed by atoms with Crippen molar-refractivity contribution in [2.75, 3.05) is 38.7 Å². The van der Waals surface area contributed by atoms with E-state index in [4.69, 9.17) is 15.2 Å². The fourth-order valence-electron chi connectivity index (χ4n) is 6.64. The normalized spacial score (nSPS) is 23.1. The summed E-state index contributed by atoms with van der Waals surface area (Å²) in [4.78, 5) is 15.6. The number of nitrogens with two attached hydrogens (primary N) is 1. The summed E-state index contributed by atoms with van der Waals surface area (Å²) >= 11 is 0. The van der Waals surface area contributed by atoms with Crippen LogP contribution in [0.15, 0.2) is 47.4 Å². The molecule has 10 nitrogen and oxygen atoms in total. The Morgan fingerprint density at radius 2 is 1.79 bits per heavy atom. The van der Waals surface area contributed by atoms with Crippen molar-refractivity contribution in [1.82, 2.24) is 14.5 Å². The Bertz CT molecular complexity index is 1380. The Hall–Kier alpha value is -2.86. The molecule has 0 aromatic heterocycles. The SMILES string of the molecule is CC(C)(C)NC(=O)[C@@H]1C[C@@H]2CCCC[C@@H]2CN1C[C@@H](O)CN(CCc1ccc2c(c1)OCO2)S(=O)(=O)c1ccc(N)cc1. The van der Waals surface area contributed by atoms with Crippen LogP contribution in [0.2, 0.25) is 0 Å². The summed E-state index contributed by atoms with van der Waals surface area (Å²) in [5.74, 6) is 2.26. The molecule has 1 aliphatic carbocycles. The molecule has 2 aromatic carbocycles.